The van der Waals surface area contributed by atoms with Crippen LogP contribution in [0.15, 0.2) is 28.7 Å². The SMILES string of the molecule is Cc1c(C(=O)N2CCN(c3nc4ccccc4o3)CC2)nnn1C1CCNCC1. The summed E-state index contributed by atoms with van der Waals surface area (Å²) in [5.74, 6) is -0.0418. The lowest BCUT2D eigenvalue weighted by molar-refractivity contribution is 0.0738. The summed E-state index contributed by atoms with van der Waals surface area (Å²) in [7, 11) is 0. The predicted molar refractivity (Wildman–Crippen MR) is 108 cm³/mol. The minimum atomic E-state index is -0.0418. The van der Waals surface area contributed by atoms with Crippen LogP contribution in [0.4, 0.5) is 6.01 Å². The molecule has 1 N–H and O–H groups in total. The van der Waals surface area contributed by atoms with Crippen LogP contribution < -0.4 is 10.2 Å². The average molecular weight is 395 g/mol. The number of carbonyl (C=O) groups is 1. The number of hydrogen-bond donors (Lipinski definition) is 1. The Balaban J connectivity index is 1.26. The maximum Gasteiger partial charge on any atom is 0.298 e. The van der Waals surface area contributed by atoms with E-state index in [4.69, 9.17) is 4.42 Å². The second-order valence-corrected chi connectivity index (χ2v) is 7.69. The number of nitrogens with one attached hydrogen (secondary N) is 1. The molecule has 0 bridgehead atoms. The maximum absolute atomic E-state index is 13.0. The molecule has 2 aliphatic rings. The Bertz CT molecular complexity index is 980. The first kappa shape index (κ1) is 18.1. The minimum Gasteiger partial charge on any atom is -0.423 e. The predicted octanol–water partition coefficient (Wildman–Crippen LogP) is 1.61. The van der Waals surface area contributed by atoms with Crippen LogP contribution in [-0.4, -0.2) is 70.1 Å². The van der Waals surface area contributed by atoms with Crippen molar-refractivity contribution in [1.82, 2.24) is 30.2 Å². The molecule has 4 heterocycles. The highest BCUT2D eigenvalue weighted by Crippen LogP contribution is 2.24. The van der Waals surface area contributed by atoms with Gasteiger partial charge in [-0.3, -0.25) is 4.79 Å². The van der Waals surface area contributed by atoms with E-state index in [1.165, 1.54) is 0 Å². The van der Waals surface area contributed by atoms with Crippen LogP contribution in [-0.2, 0) is 0 Å². The van der Waals surface area contributed by atoms with Crippen molar-refractivity contribution in [3.63, 3.8) is 0 Å². The van der Waals surface area contributed by atoms with Crippen molar-refractivity contribution in [3.05, 3.63) is 35.7 Å². The Hall–Kier alpha value is -2.94. The molecule has 2 fully saturated rings. The number of rotatable bonds is 3. The van der Waals surface area contributed by atoms with Gasteiger partial charge in [0, 0.05) is 26.2 Å². The first-order chi connectivity index (χ1) is 14.2. The lowest BCUT2D eigenvalue weighted by Gasteiger charge is -2.33. The molecule has 0 saturated carbocycles. The number of benzene rings is 1. The van der Waals surface area contributed by atoms with E-state index in [0.29, 0.717) is 43.9 Å². The van der Waals surface area contributed by atoms with Gasteiger partial charge in [-0.2, -0.15) is 4.98 Å². The summed E-state index contributed by atoms with van der Waals surface area (Å²) < 4.78 is 7.79. The molecule has 0 aliphatic carbocycles. The Morgan fingerprint density at radius 1 is 1.14 bits per heavy atom. The molecule has 1 amide bonds. The molecular formula is C20H25N7O2. The Morgan fingerprint density at radius 3 is 2.66 bits per heavy atom. The summed E-state index contributed by atoms with van der Waals surface area (Å²) in [6.45, 7) is 6.48. The molecule has 0 radical (unpaired) electrons. The van der Waals surface area contributed by atoms with E-state index in [0.717, 1.165) is 42.7 Å². The van der Waals surface area contributed by atoms with Gasteiger partial charge >= 0.3 is 0 Å². The summed E-state index contributed by atoms with van der Waals surface area (Å²) in [5.41, 5.74) is 2.97. The third-order valence-corrected chi connectivity index (χ3v) is 5.90. The smallest absolute Gasteiger partial charge is 0.298 e. The number of piperazine rings is 1. The van der Waals surface area contributed by atoms with Crippen molar-refractivity contribution >= 4 is 23.0 Å². The lowest BCUT2D eigenvalue weighted by atomic mass is 10.1. The Morgan fingerprint density at radius 2 is 1.90 bits per heavy atom. The fourth-order valence-corrected chi connectivity index (χ4v) is 4.18. The van der Waals surface area contributed by atoms with Gasteiger partial charge in [-0.1, -0.05) is 17.3 Å². The van der Waals surface area contributed by atoms with Gasteiger partial charge in [0.05, 0.1) is 11.7 Å². The summed E-state index contributed by atoms with van der Waals surface area (Å²) in [5, 5.41) is 11.9. The second kappa shape index (κ2) is 7.47. The standard InChI is InChI=1S/C20H25N7O2/c1-14-18(23-24-27(14)15-6-8-21-9-7-15)19(28)25-10-12-26(13-11-25)20-22-16-4-2-3-5-17(16)29-20/h2-5,15,21H,6-13H2,1H3. The van der Waals surface area contributed by atoms with Crippen molar-refractivity contribution in [1.29, 1.82) is 0 Å². The Labute approximate surface area is 168 Å². The number of carbonyl (C=O) groups excluding carboxylic acids is 1. The van der Waals surface area contributed by atoms with Crippen LogP contribution in [0.3, 0.4) is 0 Å². The van der Waals surface area contributed by atoms with Crippen LogP contribution in [0.1, 0.15) is 35.1 Å². The maximum atomic E-state index is 13.0. The van der Waals surface area contributed by atoms with Crippen molar-refractivity contribution in [2.45, 2.75) is 25.8 Å². The van der Waals surface area contributed by atoms with Crippen LogP contribution in [0.5, 0.6) is 0 Å². The normalized spacial score (nSPS) is 18.5. The molecule has 3 aromatic rings. The monoisotopic (exact) mass is 395 g/mol. The van der Waals surface area contributed by atoms with Crippen LogP contribution >= 0.6 is 0 Å². The number of nitrogens with zero attached hydrogens (tertiary/aromatic N) is 6. The molecule has 2 aliphatic heterocycles. The van der Waals surface area contributed by atoms with Gasteiger partial charge in [-0.25, -0.2) is 4.68 Å². The Kier molecular flexibility index (Phi) is 4.67. The van der Waals surface area contributed by atoms with Crippen molar-refractivity contribution in [2.75, 3.05) is 44.2 Å². The molecule has 5 rings (SSSR count). The van der Waals surface area contributed by atoms with Crippen molar-refractivity contribution in [3.8, 4) is 0 Å². The first-order valence-electron chi connectivity index (χ1n) is 10.2. The van der Waals surface area contributed by atoms with Gasteiger partial charge in [0.1, 0.15) is 5.52 Å². The molecular weight excluding hydrogens is 370 g/mol. The number of fused-ring (bicyclic) bond motifs is 1. The van der Waals surface area contributed by atoms with Gasteiger partial charge in [-0.05, 0) is 45.0 Å². The fourth-order valence-electron chi connectivity index (χ4n) is 4.18. The van der Waals surface area contributed by atoms with Gasteiger partial charge < -0.3 is 19.5 Å². The van der Waals surface area contributed by atoms with Gasteiger partial charge in [-0.15, -0.1) is 5.10 Å². The number of amides is 1. The van der Waals surface area contributed by atoms with Gasteiger partial charge in [0.25, 0.3) is 11.9 Å². The number of piperidine rings is 1. The molecule has 29 heavy (non-hydrogen) atoms. The van der Waals surface area contributed by atoms with E-state index in [-0.39, 0.29) is 5.91 Å². The molecule has 9 nitrogen and oxygen atoms in total. The van der Waals surface area contributed by atoms with Crippen LogP contribution in [0.25, 0.3) is 11.1 Å². The lowest BCUT2D eigenvalue weighted by Crippen LogP contribution is -2.49. The summed E-state index contributed by atoms with van der Waals surface area (Å²) in [4.78, 5) is 21.5. The molecule has 2 aromatic heterocycles. The third kappa shape index (κ3) is 3.35. The second-order valence-electron chi connectivity index (χ2n) is 7.69. The summed E-state index contributed by atoms with van der Waals surface area (Å²) >= 11 is 0. The third-order valence-electron chi connectivity index (χ3n) is 5.90. The summed E-state index contributed by atoms with van der Waals surface area (Å²) in [6, 6.07) is 8.68. The quantitative estimate of drug-likeness (QED) is 0.720. The molecule has 1 aromatic carbocycles. The molecule has 152 valence electrons. The van der Waals surface area contributed by atoms with Crippen molar-refractivity contribution in [2.24, 2.45) is 0 Å². The highest BCUT2D eigenvalue weighted by atomic mass is 16.4. The molecule has 2 saturated heterocycles. The topological polar surface area (TPSA) is 92.3 Å². The number of oxazole rings is 1. The molecule has 0 unspecified atom stereocenters. The number of hydrogen-bond acceptors (Lipinski definition) is 7. The molecule has 0 spiro atoms. The first-order valence-corrected chi connectivity index (χ1v) is 10.2. The van der Waals surface area contributed by atoms with E-state index in [1.54, 1.807) is 0 Å². The fraction of sp³-hybridized carbons (Fsp3) is 0.500. The van der Waals surface area contributed by atoms with Crippen LogP contribution in [0.2, 0.25) is 0 Å². The number of aromatic nitrogens is 4. The zero-order valence-electron chi connectivity index (χ0n) is 16.5. The summed E-state index contributed by atoms with van der Waals surface area (Å²) in [6.07, 6.45) is 2.03. The zero-order valence-corrected chi connectivity index (χ0v) is 16.5. The van der Waals surface area contributed by atoms with E-state index in [2.05, 4.69) is 25.5 Å². The van der Waals surface area contributed by atoms with E-state index < -0.39 is 0 Å². The molecule has 9 heteroatoms. The van der Waals surface area contributed by atoms with E-state index >= 15 is 0 Å². The number of anilines is 1. The van der Waals surface area contributed by atoms with Crippen molar-refractivity contribution < 1.29 is 9.21 Å². The highest BCUT2D eigenvalue weighted by molar-refractivity contribution is 5.93. The van der Waals surface area contributed by atoms with Gasteiger partial charge in [0.15, 0.2) is 11.3 Å². The largest absolute Gasteiger partial charge is 0.423 e. The van der Waals surface area contributed by atoms with Gasteiger partial charge in [0.2, 0.25) is 0 Å². The highest BCUT2D eigenvalue weighted by Gasteiger charge is 2.29. The number of para-hydroxylation sites is 2. The average Bonchev–Trinajstić information content (AvgIpc) is 3.37. The van der Waals surface area contributed by atoms with Crippen LogP contribution in [0, 0.1) is 6.92 Å². The molecule has 0 atom stereocenters. The minimum absolute atomic E-state index is 0.0418. The van der Waals surface area contributed by atoms with E-state index in [1.807, 2.05) is 40.8 Å². The van der Waals surface area contributed by atoms with E-state index in [9.17, 15) is 4.79 Å². The zero-order chi connectivity index (χ0) is 19.8.